The number of hydrogen-bond donors (Lipinski definition) is 2. The van der Waals surface area contributed by atoms with E-state index in [1.165, 1.54) is 18.2 Å². The Hall–Kier alpha value is -0.830. The van der Waals surface area contributed by atoms with Crippen LogP contribution < -0.4 is 10.5 Å². The quantitative estimate of drug-likeness (QED) is 0.743. The summed E-state index contributed by atoms with van der Waals surface area (Å²) in [5.41, 5.74) is 6.64. The van der Waals surface area contributed by atoms with Crippen molar-refractivity contribution in [2.24, 2.45) is 5.73 Å². The van der Waals surface area contributed by atoms with Crippen molar-refractivity contribution in [1.29, 1.82) is 0 Å². The van der Waals surface area contributed by atoms with Gasteiger partial charge in [0, 0.05) is 20.8 Å². The third kappa shape index (κ3) is 3.63. The van der Waals surface area contributed by atoms with E-state index in [9.17, 15) is 8.42 Å². The minimum absolute atomic E-state index is 0.140. The van der Waals surface area contributed by atoms with Crippen LogP contribution in [0.4, 0.5) is 5.69 Å². The molecule has 0 heterocycles. The first-order valence-electron chi connectivity index (χ1n) is 5.69. The number of halogens is 2. The molecule has 0 unspecified atom stereocenters. The van der Waals surface area contributed by atoms with Crippen molar-refractivity contribution >= 4 is 49.9 Å². The molecular weight excluding hydrogens is 411 g/mol. The smallest absolute Gasteiger partial charge is 0.261 e. The summed E-state index contributed by atoms with van der Waals surface area (Å²) >= 11 is 8.08. The molecule has 2 aromatic carbocycles. The van der Waals surface area contributed by atoms with E-state index in [4.69, 9.17) is 17.3 Å². The van der Waals surface area contributed by atoms with Gasteiger partial charge in [-0.25, -0.2) is 8.42 Å². The van der Waals surface area contributed by atoms with E-state index in [-0.39, 0.29) is 11.4 Å². The zero-order valence-electron chi connectivity index (χ0n) is 10.3. The van der Waals surface area contributed by atoms with Crippen molar-refractivity contribution in [2.45, 2.75) is 11.4 Å². The van der Waals surface area contributed by atoms with E-state index < -0.39 is 10.0 Å². The summed E-state index contributed by atoms with van der Waals surface area (Å²) in [6, 6.07) is 11.5. The maximum absolute atomic E-state index is 12.3. The molecule has 0 aliphatic carbocycles. The van der Waals surface area contributed by atoms with Crippen molar-refractivity contribution in [3.63, 3.8) is 0 Å². The van der Waals surface area contributed by atoms with Crippen LogP contribution in [0.15, 0.2) is 47.4 Å². The number of nitrogens with two attached hydrogens (primary N) is 1. The van der Waals surface area contributed by atoms with Gasteiger partial charge in [-0.05, 0) is 70.6 Å². The summed E-state index contributed by atoms with van der Waals surface area (Å²) in [5, 5.41) is 0.459. The van der Waals surface area contributed by atoms with Crippen LogP contribution in [-0.4, -0.2) is 8.42 Å². The van der Waals surface area contributed by atoms with Gasteiger partial charge in [0.25, 0.3) is 10.0 Å². The van der Waals surface area contributed by atoms with Gasteiger partial charge in [0.05, 0.1) is 4.90 Å². The molecule has 0 saturated carbocycles. The van der Waals surface area contributed by atoms with Gasteiger partial charge in [0.1, 0.15) is 0 Å². The molecule has 7 heteroatoms. The Labute approximate surface area is 136 Å². The summed E-state index contributed by atoms with van der Waals surface area (Å²) in [4.78, 5) is 0.140. The maximum Gasteiger partial charge on any atom is 0.261 e. The van der Waals surface area contributed by atoms with Crippen LogP contribution in [0.5, 0.6) is 0 Å². The van der Waals surface area contributed by atoms with Gasteiger partial charge in [-0.15, -0.1) is 0 Å². The molecule has 0 amide bonds. The fourth-order valence-electron chi connectivity index (χ4n) is 1.61. The monoisotopic (exact) mass is 422 g/mol. The second kappa shape index (κ2) is 6.30. The van der Waals surface area contributed by atoms with E-state index in [2.05, 4.69) is 27.3 Å². The fraction of sp³-hybridized carbons (Fsp3) is 0.0769. The SMILES string of the molecule is NCc1cc(S(=O)(=O)Nc2ccc(I)cc2)ccc1Cl. The zero-order valence-corrected chi connectivity index (χ0v) is 14.0. The summed E-state index contributed by atoms with van der Waals surface area (Å²) < 4.78 is 28.1. The van der Waals surface area contributed by atoms with Crippen molar-refractivity contribution in [3.8, 4) is 0 Å². The van der Waals surface area contributed by atoms with Gasteiger partial charge in [-0.1, -0.05) is 11.6 Å². The highest BCUT2D eigenvalue weighted by molar-refractivity contribution is 14.1. The summed E-state index contributed by atoms with van der Waals surface area (Å²) in [5.74, 6) is 0. The molecule has 2 rings (SSSR count). The Balaban J connectivity index is 2.33. The van der Waals surface area contributed by atoms with E-state index in [1.54, 1.807) is 12.1 Å². The first-order chi connectivity index (χ1) is 9.42. The largest absolute Gasteiger partial charge is 0.326 e. The molecule has 0 aliphatic heterocycles. The molecule has 4 nitrogen and oxygen atoms in total. The third-order valence-corrected chi connectivity index (χ3v) is 5.11. The van der Waals surface area contributed by atoms with Crippen LogP contribution in [0.1, 0.15) is 5.56 Å². The summed E-state index contributed by atoms with van der Waals surface area (Å²) in [7, 11) is -3.64. The topological polar surface area (TPSA) is 72.2 Å². The van der Waals surface area contributed by atoms with Crippen molar-refractivity contribution < 1.29 is 8.42 Å². The normalized spacial score (nSPS) is 11.3. The third-order valence-electron chi connectivity index (χ3n) is 2.64. The van der Waals surface area contributed by atoms with Gasteiger partial charge >= 0.3 is 0 Å². The molecule has 3 N–H and O–H groups in total. The molecule has 106 valence electrons. The number of anilines is 1. The van der Waals surface area contributed by atoms with Crippen molar-refractivity contribution in [1.82, 2.24) is 0 Å². The predicted molar refractivity (Wildman–Crippen MR) is 89.3 cm³/mol. The van der Waals surface area contributed by atoms with Crippen LogP contribution >= 0.6 is 34.2 Å². The Kier molecular flexibility index (Phi) is 4.90. The number of benzene rings is 2. The average molecular weight is 423 g/mol. The van der Waals surface area contributed by atoms with Crippen LogP contribution in [0.3, 0.4) is 0 Å². The van der Waals surface area contributed by atoms with Gasteiger partial charge < -0.3 is 5.73 Å². The van der Waals surface area contributed by atoms with Crippen LogP contribution in [0.25, 0.3) is 0 Å². The Bertz CT molecular complexity index is 718. The Morgan fingerprint density at radius 2 is 1.80 bits per heavy atom. The van der Waals surface area contributed by atoms with E-state index in [0.717, 1.165) is 3.57 Å². The van der Waals surface area contributed by atoms with Gasteiger partial charge in [0.15, 0.2) is 0 Å². The molecule has 0 radical (unpaired) electrons. The predicted octanol–water partition coefficient (Wildman–Crippen LogP) is 3.20. The standard InChI is InChI=1S/C13H12ClIN2O2S/c14-13-6-5-12(7-9(13)8-16)20(18,19)17-11-3-1-10(15)2-4-11/h1-7,17H,8,16H2. The van der Waals surface area contributed by atoms with Crippen LogP contribution in [-0.2, 0) is 16.6 Å². The lowest BCUT2D eigenvalue weighted by Gasteiger charge is -2.10. The average Bonchev–Trinajstić information content (AvgIpc) is 2.41. The molecule has 20 heavy (non-hydrogen) atoms. The molecule has 0 aromatic heterocycles. The second-order valence-electron chi connectivity index (χ2n) is 4.07. The lowest BCUT2D eigenvalue weighted by molar-refractivity contribution is 0.601. The minimum Gasteiger partial charge on any atom is -0.326 e. The van der Waals surface area contributed by atoms with E-state index in [1.807, 2.05) is 12.1 Å². The maximum atomic E-state index is 12.3. The molecule has 0 atom stereocenters. The van der Waals surface area contributed by atoms with E-state index >= 15 is 0 Å². The molecule has 0 saturated heterocycles. The number of sulfonamides is 1. The lowest BCUT2D eigenvalue weighted by atomic mass is 10.2. The molecular formula is C13H12ClIN2O2S. The highest BCUT2D eigenvalue weighted by Gasteiger charge is 2.15. The van der Waals surface area contributed by atoms with Gasteiger partial charge in [-0.2, -0.15) is 0 Å². The van der Waals surface area contributed by atoms with Crippen LogP contribution in [0, 0.1) is 3.57 Å². The summed E-state index contributed by atoms with van der Waals surface area (Å²) in [6.45, 7) is 0.186. The fourth-order valence-corrected chi connectivity index (χ4v) is 3.27. The number of rotatable bonds is 4. The molecule has 0 bridgehead atoms. The van der Waals surface area contributed by atoms with Crippen molar-refractivity contribution in [3.05, 3.63) is 56.6 Å². The number of hydrogen-bond acceptors (Lipinski definition) is 3. The first kappa shape index (κ1) is 15.6. The lowest BCUT2D eigenvalue weighted by Crippen LogP contribution is -2.13. The first-order valence-corrected chi connectivity index (χ1v) is 8.63. The highest BCUT2D eigenvalue weighted by atomic mass is 127. The van der Waals surface area contributed by atoms with Gasteiger partial charge in [-0.3, -0.25) is 4.72 Å². The van der Waals surface area contributed by atoms with Gasteiger partial charge in [0.2, 0.25) is 0 Å². The summed E-state index contributed by atoms with van der Waals surface area (Å²) in [6.07, 6.45) is 0. The molecule has 2 aromatic rings. The number of nitrogens with one attached hydrogen (secondary N) is 1. The minimum atomic E-state index is -3.64. The molecule has 0 spiro atoms. The Morgan fingerprint density at radius 3 is 2.40 bits per heavy atom. The second-order valence-corrected chi connectivity index (χ2v) is 7.40. The molecule has 0 fully saturated rings. The zero-order chi connectivity index (χ0) is 14.8. The molecule has 0 aliphatic rings. The highest BCUT2D eigenvalue weighted by Crippen LogP contribution is 2.22. The van der Waals surface area contributed by atoms with E-state index in [0.29, 0.717) is 16.3 Å². The van der Waals surface area contributed by atoms with Crippen molar-refractivity contribution in [2.75, 3.05) is 4.72 Å². The Morgan fingerprint density at radius 1 is 1.15 bits per heavy atom. The van der Waals surface area contributed by atoms with Crippen LogP contribution in [0.2, 0.25) is 5.02 Å².